The summed E-state index contributed by atoms with van der Waals surface area (Å²) < 4.78 is 127. The van der Waals surface area contributed by atoms with Crippen LogP contribution in [0.4, 0.5) is 26.3 Å². The fourth-order valence-corrected chi connectivity index (χ4v) is 9.26. The molecule has 0 N–H and O–H groups in total. The molecule has 0 aliphatic heterocycles. The van der Waals surface area contributed by atoms with Crippen molar-refractivity contribution in [1.82, 2.24) is 0 Å². The summed E-state index contributed by atoms with van der Waals surface area (Å²) in [5, 5.41) is 0.685. The zero-order valence-corrected chi connectivity index (χ0v) is 31.0. The van der Waals surface area contributed by atoms with Crippen LogP contribution in [0.1, 0.15) is 29.2 Å². The van der Waals surface area contributed by atoms with Gasteiger partial charge < -0.3 is 23.5 Å². The molecule has 5 aromatic rings. The summed E-state index contributed by atoms with van der Waals surface area (Å²) in [7, 11) is -2.42. The molecule has 0 aliphatic rings. The highest BCUT2D eigenvalue weighted by molar-refractivity contribution is 7.78. The van der Waals surface area contributed by atoms with Gasteiger partial charge in [-0.05, 0) is 12.0 Å². The third kappa shape index (κ3) is 8.16. The van der Waals surface area contributed by atoms with Crippen molar-refractivity contribution in [3.63, 3.8) is 0 Å². The quantitative estimate of drug-likeness (QED) is 0.0595. The molecule has 0 amide bonds. The molecular formula is C42H37F6O7P. The van der Waals surface area contributed by atoms with Gasteiger partial charge in [0.2, 0.25) is 0 Å². The Morgan fingerprint density at radius 2 is 0.875 bits per heavy atom. The lowest BCUT2D eigenvalue weighted by Gasteiger charge is -2.37. The monoisotopic (exact) mass is 798 g/mol. The molecule has 0 radical (unpaired) electrons. The van der Waals surface area contributed by atoms with E-state index < -0.39 is 78.6 Å². The van der Waals surface area contributed by atoms with E-state index >= 15 is 30.9 Å². The first-order valence-corrected chi connectivity index (χ1v) is 19.1. The zero-order chi connectivity index (χ0) is 40.6. The summed E-state index contributed by atoms with van der Waals surface area (Å²) in [6.07, 6.45) is -15.9. The maximum atomic E-state index is 15.1. The second-order valence-corrected chi connectivity index (χ2v) is 15.6. The maximum Gasteiger partial charge on any atom is 0.432 e. The van der Waals surface area contributed by atoms with E-state index in [0.717, 1.165) is 24.3 Å². The van der Waals surface area contributed by atoms with Crippen LogP contribution in [-0.2, 0) is 44.3 Å². The minimum absolute atomic E-state index is 0.0529. The molecule has 294 valence electrons. The van der Waals surface area contributed by atoms with Crippen molar-refractivity contribution in [3.05, 3.63) is 168 Å². The van der Waals surface area contributed by atoms with E-state index in [-0.39, 0.29) is 5.56 Å². The van der Waals surface area contributed by atoms with Crippen molar-refractivity contribution in [2.24, 2.45) is 0 Å². The van der Waals surface area contributed by atoms with Gasteiger partial charge in [0, 0.05) is 42.1 Å². The summed E-state index contributed by atoms with van der Waals surface area (Å²) in [6.45, 7) is 0. The number of carbonyl (C=O) groups excluding carboxylic acids is 2. The van der Waals surface area contributed by atoms with Gasteiger partial charge in [-0.25, -0.2) is 9.59 Å². The third-order valence-corrected chi connectivity index (χ3v) is 12.5. The number of hydrogen-bond acceptors (Lipinski definition) is 7. The van der Waals surface area contributed by atoms with Gasteiger partial charge in [0.1, 0.15) is 13.2 Å². The number of esters is 2. The summed E-state index contributed by atoms with van der Waals surface area (Å²) in [5.74, 6) is -4.01. The van der Waals surface area contributed by atoms with Crippen molar-refractivity contribution in [2.45, 2.75) is 42.2 Å². The molecule has 5 rings (SSSR count). The summed E-state index contributed by atoms with van der Waals surface area (Å²) >= 11 is 0. The van der Waals surface area contributed by atoms with E-state index in [4.69, 9.17) is 18.9 Å². The van der Waals surface area contributed by atoms with Gasteiger partial charge in [-0.1, -0.05) is 152 Å². The number of halogens is 6. The second-order valence-electron chi connectivity index (χ2n) is 12.6. The van der Waals surface area contributed by atoms with Crippen LogP contribution in [0.3, 0.4) is 0 Å². The van der Waals surface area contributed by atoms with E-state index in [2.05, 4.69) is 0 Å². The minimum atomic E-state index is -5.44. The van der Waals surface area contributed by atoms with Crippen molar-refractivity contribution in [2.75, 3.05) is 20.4 Å². The van der Waals surface area contributed by atoms with Gasteiger partial charge in [-0.15, -0.1) is 0 Å². The minimum Gasteiger partial charge on any atom is -0.455 e. The number of methoxy groups -OCH3 is 2. The van der Waals surface area contributed by atoms with Crippen LogP contribution in [0.25, 0.3) is 0 Å². The molecule has 0 aliphatic carbocycles. The fourth-order valence-electron chi connectivity index (χ4n) is 6.52. The average Bonchev–Trinajstić information content (AvgIpc) is 3.20. The third-order valence-electron chi connectivity index (χ3n) is 9.38. The molecule has 4 atom stereocenters. The number of carbonyl (C=O) groups is 2. The predicted octanol–water partition coefficient (Wildman–Crippen LogP) is 8.80. The molecule has 0 saturated carbocycles. The summed E-state index contributed by atoms with van der Waals surface area (Å²) in [4.78, 5) is 28.3. The number of ether oxygens (including phenoxy) is 4. The summed E-state index contributed by atoms with van der Waals surface area (Å²) in [5.41, 5.74) is -8.84. The number of rotatable bonds is 15. The standard InChI is InChI=1S/C42H37F6O7P/c1-52-39(41(43,44)45,31-20-10-4-11-21-31)37(49)54-35(28-29-56(51,33-24-14-6-15-25-33)34-26-16-7-17-27-34)36(30-18-8-3-9-19-30)55-38(50)40(53-2,42(46,47)48)32-22-12-5-13-23-32/h3-27,35-36H,28-29H2,1-2H3/t35-,36-,39?,40?/m0/s1. The Morgan fingerprint density at radius 3 is 1.23 bits per heavy atom. The number of hydrogen-bond donors (Lipinski definition) is 0. The zero-order valence-electron chi connectivity index (χ0n) is 30.1. The van der Waals surface area contributed by atoms with Crippen molar-refractivity contribution >= 4 is 29.7 Å². The van der Waals surface area contributed by atoms with Gasteiger partial charge in [-0.3, -0.25) is 0 Å². The maximum absolute atomic E-state index is 15.1. The first-order valence-electron chi connectivity index (χ1n) is 17.2. The lowest BCUT2D eigenvalue weighted by atomic mass is 9.91. The topological polar surface area (TPSA) is 88.1 Å². The number of alkyl halides is 6. The van der Waals surface area contributed by atoms with Gasteiger partial charge in [0.05, 0.1) is 0 Å². The lowest BCUT2D eigenvalue weighted by Crippen LogP contribution is -2.54. The molecule has 14 heteroatoms. The molecule has 0 fully saturated rings. The molecule has 0 bridgehead atoms. The molecule has 0 aromatic heterocycles. The first-order chi connectivity index (χ1) is 26.7. The number of benzene rings is 5. The Hall–Kier alpha value is -5.23. The van der Waals surface area contributed by atoms with Crippen LogP contribution in [0, 0.1) is 0 Å². The van der Waals surface area contributed by atoms with E-state index in [0.29, 0.717) is 24.8 Å². The Morgan fingerprint density at radius 1 is 0.536 bits per heavy atom. The molecule has 7 nitrogen and oxygen atoms in total. The molecule has 0 saturated heterocycles. The summed E-state index contributed by atoms with van der Waals surface area (Å²) in [6, 6.07) is 35.2. The molecule has 5 aromatic carbocycles. The van der Waals surface area contributed by atoms with Gasteiger partial charge in [-0.2, -0.15) is 26.3 Å². The highest BCUT2D eigenvalue weighted by Gasteiger charge is 2.66. The van der Waals surface area contributed by atoms with E-state index in [9.17, 15) is 9.59 Å². The Balaban J connectivity index is 1.70. The van der Waals surface area contributed by atoms with Gasteiger partial charge in [0.25, 0.3) is 11.2 Å². The van der Waals surface area contributed by atoms with Crippen molar-refractivity contribution in [3.8, 4) is 0 Å². The largest absolute Gasteiger partial charge is 0.455 e. The highest BCUT2D eigenvalue weighted by Crippen LogP contribution is 2.49. The highest BCUT2D eigenvalue weighted by atomic mass is 31.2. The van der Waals surface area contributed by atoms with Crippen molar-refractivity contribution < 1.29 is 59.4 Å². The lowest BCUT2D eigenvalue weighted by molar-refractivity contribution is -0.285. The van der Waals surface area contributed by atoms with E-state index in [1.54, 1.807) is 60.7 Å². The smallest absolute Gasteiger partial charge is 0.432 e. The first kappa shape index (κ1) is 41.9. The van der Waals surface area contributed by atoms with Crippen LogP contribution in [0.15, 0.2) is 152 Å². The Bertz CT molecular complexity index is 2040. The van der Waals surface area contributed by atoms with E-state index in [1.807, 2.05) is 0 Å². The van der Waals surface area contributed by atoms with Crippen LogP contribution in [0.2, 0.25) is 0 Å². The van der Waals surface area contributed by atoms with Crippen LogP contribution < -0.4 is 10.6 Å². The second kappa shape index (κ2) is 17.3. The van der Waals surface area contributed by atoms with E-state index in [1.165, 1.54) is 66.7 Å². The average molecular weight is 799 g/mol. The van der Waals surface area contributed by atoms with Crippen LogP contribution >= 0.6 is 7.14 Å². The van der Waals surface area contributed by atoms with Crippen LogP contribution in [-0.4, -0.2) is 50.8 Å². The van der Waals surface area contributed by atoms with Gasteiger partial charge >= 0.3 is 24.3 Å². The normalized spacial score (nSPS) is 15.4. The Kier molecular flexibility index (Phi) is 12.9. The SMILES string of the molecule is COC(C(=O)O[C@@H](CCP(=O)(c1ccccc1)c1ccccc1)[C@@H](OC(=O)C(OC)(c1ccccc1)C(F)(F)F)c1ccccc1)(c1ccccc1)C(F)(F)F. The van der Waals surface area contributed by atoms with Crippen molar-refractivity contribution in [1.29, 1.82) is 0 Å². The molecular weight excluding hydrogens is 761 g/mol. The van der Waals surface area contributed by atoms with Gasteiger partial charge in [0.15, 0.2) is 6.10 Å². The molecule has 2 unspecified atom stereocenters. The molecule has 0 spiro atoms. The van der Waals surface area contributed by atoms with Crippen LogP contribution in [0.5, 0.6) is 0 Å². The fraction of sp³-hybridized carbons (Fsp3) is 0.238. The Labute approximate surface area is 319 Å². The predicted molar refractivity (Wildman–Crippen MR) is 197 cm³/mol. The molecule has 0 heterocycles. The molecule has 56 heavy (non-hydrogen) atoms.